The Bertz CT molecular complexity index is 2300. The number of aromatic amines is 2. The molecule has 4 heterocycles. The normalized spacial score (nSPS) is 17.1. The summed E-state index contributed by atoms with van der Waals surface area (Å²) in [7, 11) is 0. The van der Waals surface area contributed by atoms with Gasteiger partial charge in [-0.15, -0.1) is 0 Å². The molecule has 2 aromatic heterocycles. The van der Waals surface area contributed by atoms with Crippen LogP contribution in [0.15, 0.2) is 122 Å². The van der Waals surface area contributed by atoms with E-state index in [4.69, 9.17) is 0 Å². The first-order valence-electron chi connectivity index (χ1n) is 21.1. The van der Waals surface area contributed by atoms with Gasteiger partial charge in [0.1, 0.15) is 11.6 Å². The van der Waals surface area contributed by atoms with Crippen molar-refractivity contribution in [3.63, 3.8) is 0 Å². The van der Waals surface area contributed by atoms with Crippen LogP contribution in [0.1, 0.15) is 73.4 Å². The van der Waals surface area contributed by atoms with Gasteiger partial charge in [0.15, 0.2) is 0 Å². The van der Waals surface area contributed by atoms with E-state index in [1.807, 2.05) is 94.7 Å². The van der Waals surface area contributed by atoms with Crippen molar-refractivity contribution in [2.24, 2.45) is 0 Å². The van der Waals surface area contributed by atoms with Crippen LogP contribution in [0, 0.1) is 0 Å². The van der Waals surface area contributed by atoms with Crippen molar-refractivity contribution in [1.29, 1.82) is 0 Å². The Hall–Kier alpha value is -7.22. The van der Waals surface area contributed by atoms with Gasteiger partial charge in [-0.05, 0) is 71.9 Å². The minimum atomic E-state index is -1.15. The summed E-state index contributed by atoms with van der Waals surface area (Å²) in [6.45, 7) is 1.18. The van der Waals surface area contributed by atoms with Crippen molar-refractivity contribution >= 4 is 24.0 Å². The number of imidazole rings is 2. The molecule has 2 saturated heterocycles. The van der Waals surface area contributed by atoms with Gasteiger partial charge >= 0.3 is 12.2 Å². The number of hydrogen-bond donors (Lipinski definition) is 6. The zero-order chi connectivity index (χ0) is 43.0. The van der Waals surface area contributed by atoms with Gasteiger partial charge in [-0.3, -0.25) is 9.59 Å². The molecule has 0 radical (unpaired) electrons. The standard InChI is InChI=1S/C48H50N8O6/c57-43(27-37(51-47(59)60)25-31-9-3-1-4-10-31)55-23-7-13-41(55)45-49-29-39(53-45)35-19-15-33(16-20-35)34-17-21-36(22-18-34)40-30-50-46(54-40)42-14-8-24-56(42)44(58)28-38(52-48(61)62)26-32-11-5-2-6-12-32/h1-6,9-12,15-22,29-30,37-38,41-42,51-52H,7-8,13-14,23-28H2,(H,49,53)(H,50,54)(H,59,60)(H,61,62)/t37-,38-,41?,42?/m0/s1. The average molecular weight is 835 g/mol. The molecule has 8 rings (SSSR count). The monoisotopic (exact) mass is 834 g/mol. The van der Waals surface area contributed by atoms with Crippen molar-refractivity contribution in [2.45, 2.75) is 75.5 Å². The molecular weight excluding hydrogens is 785 g/mol. The predicted octanol–water partition coefficient (Wildman–Crippen LogP) is 8.00. The van der Waals surface area contributed by atoms with Gasteiger partial charge in [-0.25, -0.2) is 19.6 Å². The Morgan fingerprint density at radius 1 is 0.565 bits per heavy atom. The van der Waals surface area contributed by atoms with Crippen LogP contribution in [-0.2, 0) is 22.4 Å². The summed E-state index contributed by atoms with van der Waals surface area (Å²) in [5.41, 5.74) is 7.62. The van der Waals surface area contributed by atoms with Gasteiger partial charge in [0.25, 0.3) is 0 Å². The van der Waals surface area contributed by atoms with Crippen LogP contribution in [-0.4, -0.2) is 89.1 Å². The lowest BCUT2D eigenvalue weighted by atomic mass is 10.0. The fourth-order valence-electron chi connectivity index (χ4n) is 8.84. The smallest absolute Gasteiger partial charge is 0.404 e. The molecule has 6 N–H and O–H groups in total. The lowest BCUT2D eigenvalue weighted by Gasteiger charge is -2.26. The Kier molecular flexibility index (Phi) is 12.7. The van der Waals surface area contributed by atoms with Crippen LogP contribution in [0.3, 0.4) is 0 Å². The van der Waals surface area contributed by atoms with Gasteiger partial charge in [-0.2, -0.15) is 0 Å². The molecule has 14 nitrogen and oxygen atoms in total. The SMILES string of the molecule is O=C(O)N[C@H](CC(=O)N1CCCC1c1ncc(-c2ccc(-c3ccc(-c4cnc(C5CCCN5C(=O)C[C@H](Cc5ccccc5)NC(=O)O)[nH]4)cc3)cc2)[nH]1)Cc1ccccc1. The van der Waals surface area contributed by atoms with E-state index in [-0.39, 0.29) is 36.7 Å². The number of rotatable bonds is 15. The lowest BCUT2D eigenvalue weighted by molar-refractivity contribution is -0.133. The highest BCUT2D eigenvalue weighted by Crippen LogP contribution is 2.35. The second-order valence-electron chi connectivity index (χ2n) is 16.1. The second kappa shape index (κ2) is 19.0. The van der Waals surface area contributed by atoms with E-state index in [9.17, 15) is 29.4 Å². The zero-order valence-corrected chi connectivity index (χ0v) is 34.2. The molecule has 62 heavy (non-hydrogen) atoms. The minimum absolute atomic E-state index is 0.0611. The Morgan fingerprint density at radius 3 is 1.31 bits per heavy atom. The first-order chi connectivity index (χ1) is 30.2. The zero-order valence-electron chi connectivity index (χ0n) is 34.2. The van der Waals surface area contributed by atoms with Gasteiger partial charge in [0, 0.05) is 38.0 Å². The van der Waals surface area contributed by atoms with Crippen molar-refractivity contribution in [1.82, 2.24) is 40.4 Å². The van der Waals surface area contributed by atoms with E-state index in [0.29, 0.717) is 37.6 Å². The summed E-state index contributed by atoms with van der Waals surface area (Å²) in [6.07, 6.45) is 5.47. The van der Waals surface area contributed by atoms with E-state index < -0.39 is 24.3 Å². The van der Waals surface area contributed by atoms with Gasteiger partial charge in [0.05, 0.1) is 35.9 Å². The fourth-order valence-corrected chi connectivity index (χ4v) is 8.84. The summed E-state index contributed by atoms with van der Waals surface area (Å²) < 4.78 is 0. The molecule has 4 aromatic carbocycles. The van der Waals surface area contributed by atoms with E-state index in [0.717, 1.165) is 70.5 Å². The van der Waals surface area contributed by atoms with E-state index in [1.165, 1.54) is 0 Å². The van der Waals surface area contributed by atoms with E-state index in [1.54, 1.807) is 12.4 Å². The maximum atomic E-state index is 13.6. The molecule has 6 aromatic rings. The summed E-state index contributed by atoms with van der Waals surface area (Å²) >= 11 is 0. The van der Waals surface area contributed by atoms with Crippen LogP contribution in [0.25, 0.3) is 33.6 Å². The fraction of sp³-hybridized carbons (Fsp3) is 0.292. The molecule has 2 unspecified atom stereocenters. The van der Waals surface area contributed by atoms with Gasteiger partial charge in [0.2, 0.25) is 11.8 Å². The number of H-pyrrole nitrogens is 2. The topological polar surface area (TPSA) is 197 Å². The second-order valence-corrected chi connectivity index (χ2v) is 16.1. The third kappa shape index (κ3) is 10.0. The van der Waals surface area contributed by atoms with Crippen LogP contribution in [0.2, 0.25) is 0 Å². The van der Waals surface area contributed by atoms with Crippen LogP contribution < -0.4 is 10.6 Å². The molecule has 0 spiro atoms. The Balaban J connectivity index is 0.881. The number of hydrogen-bond acceptors (Lipinski definition) is 6. The van der Waals surface area contributed by atoms with Crippen molar-refractivity contribution in [3.05, 3.63) is 144 Å². The van der Waals surface area contributed by atoms with Crippen LogP contribution in [0.5, 0.6) is 0 Å². The molecule has 2 aliphatic rings. The molecule has 4 amide bonds. The summed E-state index contributed by atoms with van der Waals surface area (Å²) in [6, 6.07) is 34.0. The number of nitrogens with zero attached hydrogens (tertiary/aromatic N) is 4. The molecule has 2 fully saturated rings. The van der Waals surface area contributed by atoms with E-state index in [2.05, 4.69) is 54.8 Å². The Labute approximate surface area is 359 Å². The molecule has 0 bridgehead atoms. The molecule has 2 aliphatic heterocycles. The van der Waals surface area contributed by atoms with Crippen molar-refractivity contribution < 1.29 is 29.4 Å². The minimum Gasteiger partial charge on any atom is -0.465 e. The number of aromatic nitrogens is 4. The maximum Gasteiger partial charge on any atom is 0.404 e. The molecule has 4 atom stereocenters. The number of amides is 4. The van der Waals surface area contributed by atoms with Crippen molar-refractivity contribution in [2.75, 3.05) is 13.1 Å². The first kappa shape index (κ1) is 41.5. The molecule has 14 heteroatoms. The van der Waals surface area contributed by atoms with E-state index >= 15 is 0 Å². The average Bonchev–Trinajstić information content (AvgIpc) is 4.11. The lowest BCUT2D eigenvalue weighted by Crippen LogP contribution is -2.41. The van der Waals surface area contributed by atoms with Crippen molar-refractivity contribution in [3.8, 4) is 33.6 Å². The number of carbonyl (C=O) groups is 4. The number of carbonyl (C=O) groups excluding carboxylic acids is 2. The summed E-state index contributed by atoms with van der Waals surface area (Å²) in [4.78, 5) is 70.2. The summed E-state index contributed by atoms with van der Waals surface area (Å²) in [5.74, 6) is 1.22. The number of nitrogens with one attached hydrogen (secondary N) is 4. The quantitative estimate of drug-likeness (QED) is 0.0598. The summed E-state index contributed by atoms with van der Waals surface area (Å²) in [5, 5.41) is 24.0. The molecular formula is C48H50N8O6. The highest BCUT2D eigenvalue weighted by Gasteiger charge is 2.35. The maximum absolute atomic E-state index is 13.6. The van der Waals surface area contributed by atoms with Crippen LogP contribution in [0.4, 0.5) is 9.59 Å². The highest BCUT2D eigenvalue weighted by molar-refractivity contribution is 5.79. The predicted molar refractivity (Wildman–Crippen MR) is 234 cm³/mol. The first-order valence-corrected chi connectivity index (χ1v) is 21.1. The number of carboxylic acid groups (broad SMARTS) is 2. The number of benzene rings is 4. The highest BCUT2D eigenvalue weighted by atomic mass is 16.4. The molecule has 0 saturated carbocycles. The molecule has 0 aliphatic carbocycles. The largest absolute Gasteiger partial charge is 0.465 e. The van der Waals surface area contributed by atoms with Crippen LogP contribution >= 0.6 is 0 Å². The van der Waals surface area contributed by atoms with Gasteiger partial charge in [-0.1, -0.05) is 109 Å². The number of likely N-dealkylation sites (tertiary alicyclic amines) is 2. The Morgan fingerprint density at radius 2 is 0.935 bits per heavy atom. The van der Waals surface area contributed by atoms with Gasteiger partial charge < -0.3 is 40.6 Å². The molecule has 318 valence electrons. The third-order valence-electron chi connectivity index (χ3n) is 11.8. The third-order valence-corrected chi connectivity index (χ3v) is 11.8.